The van der Waals surface area contributed by atoms with Crippen LogP contribution in [0.2, 0.25) is 10.0 Å². The normalized spacial score (nSPS) is 16.5. The molecule has 1 aromatic carbocycles. The maximum Gasteiger partial charge on any atom is 0.0917 e. The highest BCUT2D eigenvalue weighted by molar-refractivity contribution is 6.42. The van der Waals surface area contributed by atoms with E-state index in [1.807, 2.05) is 0 Å². The van der Waals surface area contributed by atoms with Gasteiger partial charge in [-0.15, -0.1) is 0 Å². The van der Waals surface area contributed by atoms with Crippen LogP contribution in [0.25, 0.3) is 0 Å². The van der Waals surface area contributed by atoms with Gasteiger partial charge in [-0.2, -0.15) is 0 Å². The van der Waals surface area contributed by atoms with Gasteiger partial charge in [-0.05, 0) is 17.7 Å². The Balaban J connectivity index is 1.68. The van der Waals surface area contributed by atoms with Crippen molar-refractivity contribution in [2.24, 2.45) is 0 Å². The summed E-state index contributed by atoms with van der Waals surface area (Å²) < 4.78 is 0. The molecule has 0 unspecified atom stereocenters. The van der Waals surface area contributed by atoms with E-state index in [0.29, 0.717) is 23.1 Å². The monoisotopic (exact) mass is 323 g/mol. The molecule has 21 heavy (non-hydrogen) atoms. The average Bonchev–Trinajstić information content (AvgIpc) is 2.50. The van der Waals surface area contributed by atoms with Gasteiger partial charge in [0, 0.05) is 38.4 Å². The molecule has 0 fully saturated rings. The van der Waals surface area contributed by atoms with Crippen LogP contribution in [0.15, 0.2) is 30.6 Å². The Bertz CT molecular complexity index is 651. The van der Waals surface area contributed by atoms with Gasteiger partial charge >= 0.3 is 0 Å². The molecule has 1 aliphatic rings. The Labute approximate surface area is 133 Å². The fourth-order valence-electron chi connectivity index (χ4n) is 2.52. The molecule has 0 saturated carbocycles. The van der Waals surface area contributed by atoms with Crippen LogP contribution in [-0.2, 0) is 13.0 Å². The third-order valence-electron chi connectivity index (χ3n) is 3.66. The first kappa shape index (κ1) is 14.7. The van der Waals surface area contributed by atoms with Crippen LogP contribution >= 0.6 is 23.2 Å². The third-order valence-corrected chi connectivity index (χ3v) is 4.40. The van der Waals surface area contributed by atoms with Gasteiger partial charge in [0.25, 0.3) is 0 Å². The fraction of sp³-hybridized carbons (Fsp3) is 0.333. The summed E-state index contributed by atoms with van der Waals surface area (Å²) >= 11 is 11.9. The summed E-state index contributed by atoms with van der Waals surface area (Å²) in [7, 11) is 0. The van der Waals surface area contributed by atoms with E-state index in [9.17, 15) is 5.11 Å². The first-order valence-electron chi connectivity index (χ1n) is 6.77. The van der Waals surface area contributed by atoms with Crippen LogP contribution < -0.4 is 0 Å². The zero-order chi connectivity index (χ0) is 14.8. The second-order valence-electron chi connectivity index (χ2n) is 5.12. The molecule has 110 valence electrons. The minimum atomic E-state index is -0.599. The maximum atomic E-state index is 10.4. The number of halogens is 2. The molecule has 0 spiro atoms. The molecule has 3 rings (SSSR count). The molecule has 0 aliphatic carbocycles. The van der Waals surface area contributed by atoms with Crippen molar-refractivity contribution >= 4 is 23.2 Å². The molecular weight excluding hydrogens is 309 g/mol. The van der Waals surface area contributed by atoms with E-state index in [1.165, 1.54) is 0 Å². The van der Waals surface area contributed by atoms with E-state index in [1.54, 1.807) is 30.6 Å². The van der Waals surface area contributed by atoms with Crippen LogP contribution in [-0.4, -0.2) is 33.1 Å². The summed E-state index contributed by atoms with van der Waals surface area (Å²) in [4.78, 5) is 10.9. The quantitative estimate of drug-likeness (QED) is 0.943. The zero-order valence-electron chi connectivity index (χ0n) is 11.3. The van der Waals surface area contributed by atoms with Crippen LogP contribution in [0.5, 0.6) is 0 Å². The van der Waals surface area contributed by atoms with Gasteiger partial charge in [0.05, 0.1) is 27.5 Å². The third kappa shape index (κ3) is 3.35. The van der Waals surface area contributed by atoms with Crippen molar-refractivity contribution in [3.63, 3.8) is 0 Å². The Kier molecular flexibility index (Phi) is 4.40. The van der Waals surface area contributed by atoms with Crippen molar-refractivity contribution in [3.8, 4) is 0 Å². The molecule has 0 radical (unpaired) electrons. The van der Waals surface area contributed by atoms with Crippen molar-refractivity contribution in [1.82, 2.24) is 14.9 Å². The molecule has 0 bridgehead atoms. The largest absolute Gasteiger partial charge is 0.387 e. The Morgan fingerprint density at radius 3 is 2.67 bits per heavy atom. The number of hydrogen-bond donors (Lipinski definition) is 1. The number of aromatic nitrogens is 2. The number of nitrogens with zero attached hydrogens (tertiary/aromatic N) is 3. The van der Waals surface area contributed by atoms with E-state index in [0.717, 1.165) is 29.9 Å². The van der Waals surface area contributed by atoms with Gasteiger partial charge in [0.15, 0.2) is 0 Å². The van der Waals surface area contributed by atoms with E-state index in [4.69, 9.17) is 23.2 Å². The number of β-amino-alcohol motifs (C(OH)–C–C–N with tert-alkyl or cyclic N) is 1. The Morgan fingerprint density at radius 1 is 1.14 bits per heavy atom. The van der Waals surface area contributed by atoms with Crippen LogP contribution in [0.4, 0.5) is 0 Å². The van der Waals surface area contributed by atoms with Gasteiger partial charge in [0.1, 0.15) is 0 Å². The van der Waals surface area contributed by atoms with E-state index < -0.39 is 6.10 Å². The molecule has 6 heteroatoms. The first-order chi connectivity index (χ1) is 10.1. The Hall–Kier alpha value is -1.20. The minimum absolute atomic E-state index is 0.461. The van der Waals surface area contributed by atoms with E-state index in [2.05, 4.69) is 14.9 Å². The van der Waals surface area contributed by atoms with Crippen molar-refractivity contribution in [2.75, 3.05) is 13.1 Å². The molecule has 1 aliphatic heterocycles. The van der Waals surface area contributed by atoms with Crippen LogP contribution in [0, 0.1) is 0 Å². The lowest BCUT2D eigenvalue weighted by Crippen LogP contribution is -2.34. The average molecular weight is 324 g/mol. The predicted octanol–water partition coefficient (Wildman–Crippen LogP) is 2.88. The van der Waals surface area contributed by atoms with E-state index in [-0.39, 0.29) is 0 Å². The SMILES string of the molecule is O[C@@H](CN1CCc2nccnc2C1)c1ccc(Cl)c(Cl)c1. The van der Waals surface area contributed by atoms with Crippen molar-refractivity contribution in [1.29, 1.82) is 0 Å². The summed E-state index contributed by atoms with van der Waals surface area (Å²) in [6.45, 7) is 2.11. The van der Waals surface area contributed by atoms with E-state index >= 15 is 0 Å². The lowest BCUT2D eigenvalue weighted by atomic mass is 10.1. The molecule has 1 aromatic heterocycles. The number of fused-ring (bicyclic) bond motifs is 1. The van der Waals surface area contributed by atoms with Crippen molar-refractivity contribution < 1.29 is 5.11 Å². The summed E-state index contributed by atoms with van der Waals surface area (Å²) in [5, 5.41) is 11.3. The van der Waals surface area contributed by atoms with Crippen molar-refractivity contribution in [3.05, 3.63) is 57.6 Å². The smallest absolute Gasteiger partial charge is 0.0917 e. The second-order valence-corrected chi connectivity index (χ2v) is 5.94. The summed E-state index contributed by atoms with van der Waals surface area (Å²) in [6, 6.07) is 5.22. The van der Waals surface area contributed by atoms with Crippen LogP contribution in [0.3, 0.4) is 0 Å². The fourth-order valence-corrected chi connectivity index (χ4v) is 2.82. The maximum absolute atomic E-state index is 10.4. The highest BCUT2D eigenvalue weighted by Crippen LogP contribution is 2.26. The number of aliphatic hydroxyl groups is 1. The molecule has 0 amide bonds. The summed E-state index contributed by atoms with van der Waals surface area (Å²) in [6.07, 6.45) is 3.69. The highest BCUT2D eigenvalue weighted by Gasteiger charge is 2.21. The topological polar surface area (TPSA) is 49.2 Å². The minimum Gasteiger partial charge on any atom is -0.387 e. The number of aliphatic hydroxyl groups excluding tert-OH is 1. The molecule has 4 nitrogen and oxygen atoms in total. The molecule has 0 saturated heterocycles. The molecule has 2 heterocycles. The molecule has 1 atom stereocenters. The highest BCUT2D eigenvalue weighted by atomic mass is 35.5. The number of hydrogen-bond acceptors (Lipinski definition) is 4. The van der Waals surface area contributed by atoms with Gasteiger partial charge in [-0.1, -0.05) is 29.3 Å². The van der Waals surface area contributed by atoms with Gasteiger partial charge in [-0.25, -0.2) is 0 Å². The van der Waals surface area contributed by atoms with Crippen LogP contribution in [0.1, 0.15) is 23.1 Å². The van der Waals surface area contributed by atoms with Gasteiger partial charge in [0.2, 0.25) is 0 Å². The number of rotatable bonds is 3. The Morgan fingerprint density at radius 2 is 1.90 bits per heavy atom. The van der Waals surface area contributed by atoms with Crippen molar-refractivity contribution in [2.45, 2.75) is 19.1 Å². The molecule has 1 N–H and O–H groups in total. The second kappa shape index (κ2) is 6.28. The summed E-state index contributed by atoms with van der Waals surface area (Å²) in [5.41, 5.74) is 2.82. The molecular formula is C15H15Cl2N3O. The molecule has 2 aromatic rings. The summed E-state index contributed by atoms with van der Waals surface area (Å²) in [5.74, 6) is 0. The van der Waals surface area contributed by atoms with Gasteiger partial charge < -0.3 is 5.11 Å². The van der Waals surface area contributed by atoms with Gasteiger partial charge in [-0.3, -0.25) is 14.9 Å². The number of benzene rings is 1. The standard InChI is InChI=1S/C15H15Cl2N3O/c16-11-2-1-10(7-12(11)17)15(21)9-20-6-3-13-14(8-20)19-5-4-18-13/h1-2,4-5,7,15,21H,3,6,8-9H2/t15-/m0/s1. The zero-order valence-corrected chi connectivity index (χ0v) is 12.8. The predicted molar refractivity (Wildman–Crippen MR) is 82.4 cm³/mol. The lowest BCUT2D eigenvalue weighted by Gasteiger charge is -2.29. The first-order valence-corrected chi connectivity index (χ1v) is 7.53. The lowest BCUT2D eigenvalue weighted by molar-refractivity contribution is 0.104.